The Morgan fingerprint density at radius 1 is 0.650 bits per heavy atom. The summed E-state index contributed by atoms with van der Waals surface area (Å²) < 4.78 is 32.7. The number of aromatic carboxylic acids is 2. The lowest BCUT2D eigenvalue weighted by Gasteiger charge is -2.38. The van der Waals surface area contributed by atoms with E-state index in [1.165, 1.54) is 61.7 Å². The van der Waals surface area contributed by atoms with Gasteiger partial charge in [0.15, 0.2) is 20.0 Å². The first-order chi connectivity index (χ1) is 37.3. The number of aryl methyl sites for hydroxylation is 1. The van der Waals surface area contributed by atoms with Crippen LogP contribution in [0.5, 0.6) is 11.5 Å². The number of methoxy groups -OCH3 is 1. The van der Waals surface area contributed by atoms with E-state index in [4.69, 9.17) is 55.2 Å². The fourth-order valence-corrected chi connectivity index (χ4v) is 6.78. The lowest BCUT2D eigenvalue weighted by atomic mass is 10.0. The standard InChI is InChI=1S/C22H30O8.C16H28O6.C8H8O2.C7H6O3.C6H15ClSi/c1-14(7-5-3-4-6-8-20(25)26)28-22-18(24)13-19(15(2)29-22)30-21(27)16-9-11-17(23)12-10-16;1-11(8-6-4-5-7-9-15(19)20-3)21-16-14(18)10-13(17)12(2)22-16;1-6-2-4-7(5-3-6)8(9)10;8-6-3-1-5(2-4-6)7(9)10;1-6(2,3)8(4,5)7/h6,8-12,14-15,18-19,22-24H,3-5,7,13H2,1-2H3,(H,25,26);7,9,11-14,16-18H,4-6,8,10H2,1-3H3;2-5H,1H3,(H,9,10);1-4,8H,(H,9,10);1-5H3/b8-6+;9-7+;;;/t14-,15?,18?,19+,22+;11-,12?,13+,14?,16+;;;/m00.../s1. The van der Waals surface area contributed by atoms with Crippen molar-refractivity contribution in [2.45, 2.75) is 199 Å². The molecule has 2 fully saturated rings. The second kappa shape index (κ2) is 37.4. The molecule has 80 heavy (non-hydrogen) atoms. The molecule has 3 aromatic rings. The second-order valence-corrected chi connectivity index (χ2v) is 28.2. The molecule has 0 bridgehead atoms. The maximum atomic E-state index is 12.3. The highest BCUT2D eigenvalue weighted by atomic mass is 35.6. The van der Waals surface area contributed by atoms with Gasteiger partial charge in [-0.3, -0.25) is 0 Å². The van der Waals surface area contributed by atoms with Crippen LogP contribution >= 0.6 is 11.1 Å². The number of carboxylic acids is 3. The first-order valence-electron chi connectivity index (χ1n) is 26.7. The van der Waals surface area contributed by atoms with Crippen LogP contribution in [0.15, 0.2) is 97.1 Å². The molecular weight excluding hydrogens is 1080 g/mol. The van der Waals surface area contributed by atoms with Crippen LogP contribution in [-0.4, -0.2) is 147 Å². The number of rotatable bonds is 20. The first kappa shape index (κ1) is 72.3. The number of esters is 2. The number of carboxylic acid groups (broad SMARTS) is 3. The van der Waals surface area contributed by atoms with Crippen molar-refractivity contribution < 1.29 is 93.2 Å². The minimum atomic E-state index is -1.39. The molecule has 0 aliphatic carbocycles. The molecule has 2 aliphatic heterocycles. The number of unbranched alkanes of at least 4 members (excludes halogenated alkanes) is 4. The van der Waals surface area contributed by atoms with E-state index in [9.17, 15) is 44.4 Å². The molecule has 0 radical (unpaired) electrons. The Morgan fingerprint density at radius 2 is 1.05 bits per heavy atom. The molecular formula is C59H87ClO19Si. The summed E-state index contributed by atoms with van der Waals surface area (Å²) in [6.45, 7) is 20.2. The topological polar surface area (TPSA) is 303 Å². The van der Waals surface area contributed by atoms with Gasteiger partial charge in [-0.25, -0.2) is 24.0 Å². The molecule has 19 nitrogen and oxygen atoms in total. The van der Waals surface area contributed by atoms with Gasteiger partial charge in [-0.1, -0.05) is 76.6 Å². The van der Waals surface area contributed by atoms with Gasteiger partial charge >= 0.3 is 29.8 Å². The van der Waals surface area contributed by atoms with Gasteiger partial charge in [0.1, 0.15) is 29.8 Å². The number of halogens is 1. The average Bonchev–Trinajstić information content (AvgIpc) is 3.37. The van der Waals surface area contributed by atoms with Gasteiger partial charge in [-0.15, -0.1) is 0 Å². The van der Waals surface area contributed by atoms with Crippen LogP contribution in [0.2, 0.25) is 18.1 Å². The maximum absolute atomic E-state index is 12.3. The molecule has 10 atom stereocenters. The lowest BCUT2D eigenvalue weighted by molar-refractivity contribution is -0.273. The summed E-state index contributed by atoms with van der Waals surface area (Å²) in [6, 6.07) is 17.9. The number of aliphatic hydroxyl groups excluding tert-OH is 3. The van der Waals surface area contributed by atoms with Gasteiger partial charge in [0.2, 0.25) is 0 Å². The van der Waals surface area contributed by atoms with Crippen LogP contribution in [0.1, 0.15) is 149 Å². The molecule has 0 spiro atoms. The normalized spacial score (nSPS) is 21.5. The van der Waals surface area contributed by atoms with Crippen molar-refractivity contribution in [3.8, 4) is 11.5 Å². The Balaban J connectivity index is 0.000000553. The Hall–Kier alpha value is -5.68. The average molecular weight is 1160 g/mol. The molecule has 4 unspecified atom stereocenters. The number of aliphatic carboxylic acids is 1. The molecule has 0 saturated carbocycles. The number of benzene rings is 3. The van der Waals surface area contributed by atoms with Crippen LogP contribution in [-0.2, 0) is 38.0 Å². The van der Waals surface area contributed by atoms with Crippen molar-refractivity contribution >= 4 is 48.3 Å². The van der Waals surface area contributed by atoms with Gasteiger partial charge in [-0.2, -0.15) is 11.1 Å². The highest BCUT2D eigenvalue weighted by Gasteiger charge is 2.39. The summed E-state index contributed by atoms with van der Waals surface area (Å²) >= 11 is 6.15. The number of aromatic hydroxyl groups is 2. The number of carbonyl (C=O) groups is 5. The van der Waals surface area contributed by atoms with E-state index in [-0.39, 0.29) is 54.2 Å². The Bertz CT molecular complexity index is 2260. The zero-order valence-electron chi connectivity index (χ0n) is 48.0. The summed E-state index contributed by atoms with van der Waals surface area (Å²) in [6.07, 6.45) is 7.75. The van der Waals surface area contributed by atoms with Crippen molar-refractivity contribution in [3.05, 3.63) is 119 Å². The van der Waals surface area contributed by atoms with Crippen LogP contribution in [0.25, 0.3) is 0 Å². The van der Waals surface area contributed by atoms with Gasteiger partial charge in [0.25, 0.3) is 0 Å². The predicted molar refractivity (Wildman–Crippen MR) is 305 cm³/mol. The minimum absolute atomic E-state index is 0.0355. The fraction of sp³-hybridized carbons (Fsp3) is 0.542. The van der Waals surface area contributed by atoms with Gasteiger partial charge in [0, 0.05) is 25.0 Å². The highest BCUT2D eigenvalue weighted by Crippen LogP contribution is 2.38. The van der Waals surface area contributed by atoms with E-state index < -0.39 is 74.4 Å². The molecule has 3 aromatic carbocycles. The number of hydrogen-bond acceptors (Lipinski definition) is 16. The van der Waals surface area contributed by atoms with Crippen molar-refractivity contribution in [1.29, 1.82) is 0 Å². The quantitative estimate of drug-likeness (QED) is 0.0171. The SMILES string of the molecule is CC(C)(C)[Si](C)(C)Cl.CC1O[C@@H](O[C@@H](C)CCCC/C=C/C(=O)O)C(O)C[C@H]1OC(=O)c1ccc(O)cc1.COC(=O)/C=C/CCCC[C@H](C)O[C@@H]1OC(C)[C@H](O)CC1O.Cc1ccc(C(=O)O)cc1.O=C(O)c1ccc(O)cc1. The first-order valence-corrected chi connectivity index (χ1v) is 30.7. The van der Waals surface area contributed by atoms with Crippen LogP contribution in [0.4, 0.5) is 0 Å². The monoisotopic (exact) mass is 1160 g/mol. The van der Waals surface area contributed by atoms with Crippen molar-refractivity contribution in [1.82, 2.24) is 0 Å². The zero-order valence-corrected chi connectivity index (χ0v) is 49.8. The molecule has 5 rings (SSSR count). The highest BCUT2D eigenvalue weighted by molar-refractivity contribution is 7.20. The van der Waals surface area contributed by atoms with E-state index >= 15 is 0 Å². The van der Waals surface area contributed by atoms with E-state index in [0.29, 0.717) is 22.6 Å². The van der Waals surface area contributed by atoms with Crippen molar-refractivity contribution in [2.75, 3.05) is 7.11 Å². The molecule has 0 aromatic heterocycles. The molecule has 2 saturated heterocycles. The largest absolute Gasteiger partial charge is 0.508 e. The molecule has 0 amide bonds. The fourth-order valence-electron chi connectivity index (χ4n) is 6.78. The summed E-state index contributed by atoms with van der Waals surface area (Å²) in [5.74, 6) is -3.56. The summed E-state index contributed by atoms with van der Waals surface area (Å²) in [5, 5.41) is 73.6. The molecule has 21 heteroatoms. The van der Waals surface area contributed by atoms with Crippen molar-refractivity contribution in [2.24, 2.45) is 0 Å². The number of hydrogen-bond donors (Lipinski definition) is 8. The third-order valence-corrected chi connectivity index (χ3v) is 18.1. The molecule has 2 heterocycles. The number of allylic oxidation sites excluding steroid dienone is 2. The summed E-state index contributed by atoms with van der Waals surface area (Å²) in [4.78, 5) is 54.1. The second-order valence-electron chi connectivity index (χ2n) is 21.0. The van der Waals surface area contributed by atoms with Crippen LogP contribution in [0.3, 0.4) is 0 Å². The Kier molecular flexibility index (Phi) is 33.8. The number of ether oxygens (including phenoxy) is 6. The van der Waals surface area contributed by atoms with Gasteiger partial charge in [0.05, 0.1) is 54.3 Å². The van der Waals surface area contributed by atoms with Gasteiger partial charge in [-0.05, 0) is 139 Å². The van der Waals surface area contributed by atoms with E-state index in [1.54, 1.807) is 50.3 Å². The third kappa shape index (κ3) is 30.8. The Labute approximate surface area is 476 Å². The van der Waals surface area contributed by atoms with Crippen molar-refractivity contribution in [3.63, 3.8) is 0 Å². The summed E-state index contributed by atoms with van der Waals surface area (Å²) in [5.41, 5.74) is 1.90. The molecule has 8 N–H and O–H groups in total. The number of aliphatic hydroxyl groups is 3. The Morgan fingerprint density at radius 3 is 1.46 bits per heavy atom. The maximum Gasteiger partial charge on any atom is 0.338 e. The van der Waals surface area contributed by atoms with Crippen LogP contribution < -0.4 is 0 Å². The van der Waals surface area contributed by atoms with E-state index in [2.05, 4.69) is 38.6 Å². The van der Waals surface area contributed by atoms with Gasteiger partial charge < -0.3 is 69.3 Å². The molecule has 2 aliphatic rings. The lowest BCUT2D eigenvalue weighted by Crippen LogP contribution is -2.49. The third-order valence-electron chi connectivity index (χ3n) is 12.8. The smallest absolute Gasteiger partial charge is 0.338 e. The minimum Gasteiger partial charge on any atom is -0.508 e. The van der Waals surface area contributed by atoms with E-state index in [0.717, 1.165) is 56.6 Å². The molecule has 448 valence electrons. The number of phenols is 2. The number of phenolic OH excluding ortho intramolecular Hbond substituents is 2. The van der Waals surface area contributed by atoms with E-state index in [1.807, 2.05) is 20.8 Å². The van der Waals surface area contributed by atoms with Crippen LogP contribution in [0, 0.1) is 6.92 Å². The summed E-state index contributed by atoms with van der Waals surface area (Å²) in [7, 11) is -0.0321. The number of carbonyl (C=O) groups excluding carboxylic acids is 2. The zero-order chi connectivity index (χ0) is 60.8. The predicted octanol–water partition coefficient (Wildman–Crippen LogP) is 10.6.